The van der Waals surface area contributed by atoms with Crippen LogP contribution in [0.4, 0.5) is 0 Å². The van der Waals surface area contributed by atoms with Crippen molar-refractivity contribution in [3.8, 4) is 0 Å². The first-order chi connectivity index (χ1) is 8.08. The Balaban J connectivity index is 2.00. The lowest BCUT2D eigenvalue weighted by molar-refractivity contribution is 0.0223. The normalized spacial score (nSPS) is 17.5. The molecule has 0 amide bonds. The molecule has 94 valence electrons. The van der Waals surface area contributed by atoms with Gasteiger partial charge >= 0.3 is 0 Å². The number of sulfonamides is 1. The molecule has 0 aromatic heterocycles. The Morgan fingerprint density at radius 2 is 1.76 bits per heavy atom. The summed E-state index contributed by atoms with van der Waals surface area (Å²) in [6.45, 7) is 1.92. The van der Waals surface area contributed by atoms with E-state index in [-0.39, 0.29) is 11.0 Å². The largest absolute Gasteiger partial charge is 0.284 e. The maximum Gasteiger partial charge on any atom is 0.262 e. The third kappa shape index (κ3) is 3.28. The second-order valence-corrected chi connectivity index (χ2v) is 6.07. The molecular formula is C12H17NO3S. The maximum absolute atomic E-state index is 11.9. The summed E-state index contributed by atoms with van der Waals surface area (Å²) in [5, 5.41) is 0. The molecule has 5 heteroatoms. The van der Waals surface area contributed by atoms with E-state index in [2.05, 4.69) is 4.89 Å². The standard InChI is InChI=1S/C12H17NO3S/c1-10-6-8-12(9-7-10)17(14,15)13-16-11-4-2-3-5-11/h6-9,11,13H,2-5H2,1H3. The molecule has 0 bridgehead atoms. The Kier molecular flexibility index (Phi) is 3.81. The molecule has 0 spiro atoms. The number of nitrogens with one attached hydrogen (secondary N) is 1. The van der Waals surface area contributed by atoms with Gasteiger partial charge in [-0.2, -0.15) is 0 Å². The highest BCUT2D eigenvalue weighted by atomic mass is 32.2. The molecule has 0 atom stereocenters. The van der Waals surface area contributed by atoms with Crippen molar-refractivity contribution < 1.29 is 13.3 Å². The van der Waals surface area contributed by atoms with Crippen molar-refractivity contribution in [1.82, 2.24) is 4.89 Å². The smallest absolute Gasteiger partial charge is 0.262 e. The van der Waals surface area contributed by atoms with Gasteiger partial charge in [0.2, 0.25) is 0 Å². The van der Waals surface area contributed by atoms with Gasteiger partial charge in [-0.3, -0.25) is 4.84 Å². The fourth-order valence-electron chi connectivity index (χ4n) is 1.90. The van der Waals surface area contributed by atoms with Gasteiger partial charge in [0, 0.05) is 0 Å². The van der Waals surface area contributed by atoms with E-state index in [0.29, 0.717) is 0 Å². The molecule has 0 aliphatic heterocycles. The second kappa shape index (κ2) is 5.16. The van der Waals surface area contributed by atoms with Gasteiger partial charge in [-0.05, 0) is 31.9 Å². The summed E-state index contributed by atoms with van der Waals surface area (Å²) >= 11 is 0. The van der Waals surface area contributed by atoms with Crippen LogP contribution >= 0.6 is 0 Å². The molecule has 0 saturated heterocycles. The molecular weight excluding hydrogens is 238 g/mol. The minimum atomic E-state index is -3.54. The summed E-state index contributed by atoms with van der Waals surface area (Å²) in [5.74, 6) is 0. The topological polar surface area (TPSA) is 55.4 Å². The predicted octanol–water partition coefficient (Wildman–Crippen LogP) is 2.15. The average molecular weight is 255 g/mol. The van der Waals surface area contributed by atoms with Crippen molar-refractivity contribution in [1.29, 1.82) is 0 Å². The average Bonchev–Trinajstić information content (AvgIpc) is 2.80. The first-order valence-corrected chi connectivity index (χ1v) is 7.30. The van der Waals surface area contributed by atoms with E-state index in [1.54, 1.807) is 24.3 Å². The van der Waals surface area contributed by atoms with E-state index in [1.807, 2.05) is 6.92 Å². The van der Waals surface area contributed by atoms with Crippen LogP contribution in [0.5, 0.6) is 0 Å². The highest BCUT2D eigenvalue weighted by molar-refractivity contribution is 7.89. The minimum absolute atomic E-state index is 0.0234. The molecule has 0 heterocycles. The highest BCUT2D eigenvalue weighted by Gasteiger charge is 2.20. The number of aryl methyl sites for hydroxylation is 1. The minimum Gasteiger partial charge on any atom is -0.284 e. The Morgan fingerprint density at radius 3 is 2.35 bits per heavy atom. The Bertz CT molecular complexity index is 461. The Hall–Kier alpha value is -0.910. The van der Waals surface area contributed by atoms with Crippen molar-refractivity contribution in [2.75, 3.05) is 0 Å². The second-order valence-electron chi connectivity index (χ2n) is 4.42. The molecule has 4 nitrogen and oxygen atoms in total. The van der Waals surface area contributed by atoms with E-state index in [1.165, 1.54) is 0 Å². The SMILES string of the molecule is Cc1ccc(S(=O)(=O)NOC2CCCC2)cc1. The van der Waals surface area contributed by atoms with Crippen molar-refractivity contribution >= 4 is 10.0 Å². The molecule has 2 rings (SSSR count). The van der Waals surface area contributed by atoms with E-state index in [4.69, 9.17) is 4.84 Å². The van der Waals surface area contributed by atoms with Crippen LogP contribution in [0.2, 0.25) is 0 Å². The van der Waals surface area contributed by atoms with E-state index in [9.17, 15) is 8.42 Å². The Labute approximate surface area is 102 Å². The van der Waals surface area contributed by atoms with Crippen LogP contribution in [0.25, 0.3) is 0 Å². The van der Waals surface area contributed by atoms with Gasteiger partial charge < -0.3 is 0 Å². The van der Waals surface area contributed by atoms with Crippen molar-refractivity contribution in [2.45, 2.75) is 43.6 Å². The molecule has 1 aromatic carbocycles. The molecule has 0 unspecified atom stereocenters. The highest BCUT2D eigenvalue weighted by Crippen LogP contribution is 2.20. The zero-order chi connectivity index (χ0) is 12.3. The summed E-state index contributed by atoms with van der Waals surface area (Å²) in [6, 6.07) is 6.69. The Morgan fingerprint density at radius 1 is 1.18 bits per heavy atom. The molecule has 1 fully saturated rings. The van der Waals surface area contributed by atoms with Gasteiger partial charge in [-0.15, -0.1) is 0 Å². The third-order valence-electron chi connectivity index (χ3n) is 2.96. The monoisotopic (exact) mass is 255 g/mol. The van der Waals surface area contributed by atoms with Crippen LogP contribution in [-0.4, -0.2) is 14.5 Å². The van der Waals surface area contributed by atoms with E-state index >= 15 is 0 Å². The van der Waals surface area contributed by atoms with Crippen LogP contribution in [0.3, 0.4) is 0 Å². The lowest BCUT2D eigenvalue weighted by Crippen LogP contribution is -2.28. The zero-order valence-electron chi connectivity index (χ0n) is 9.85. The molecule has 1 aliphatic carbocycles. The molecule has 1 aromatic rings. The summed E-state index contributed by atoms with van der Waals surface area (Å²) in [6.07, 6.45) is 4.09. The zero-order valence-corrected chi connectivity index (χ0v) is 10.7. The van der Waals surface area contributed by atoms with Crippen LogP contribution in [-0.2, 0) is 14.9 Å². The molecule has 0 radical (unpaired) electrons. The van der Waals surface area contributed by atoms with Crippen molar-refractivity contribution in [2.24, 2.45) is 0 Å². The maximum atomic E-state index is 11.9. The lowest BCUT2D eigenvalue weighted by atomic mass is 10.2. The van der Waals surface area contributed by atoms with Crippen LogP contribution < -0.4 is 4.89 Å². The van der Waals surface area contributed by atoms with E-state index < -0.39 is 10.0 Å². The quantitative estimate of drug-likeness (QED) is 0.839. The first-order valence-electron chi connectivity index (χ1n) is 5.82. The van der Waals surface area contributed by atoms with Crippen molar-refractivity contribution in [3.63, 3.8) is 0 Å². The summed E-state index contributed by atoms with van der Waals surface area (Å²) in [7, 11) is -3.54. The predicted molar refractivity (Wildman–Crippen MR) is 64.8 cm³/mol. The van der Waals surface area contributed by atoms with Gasteiger partial charge in [-0.1, -0.05) is 35.4 Å². The number of benzene rings is 1. The molecule has 1 aliphatic rings. The van der Waals surface area contributed by atoms with E-state index in [0.717, 1.165) is 31.2 Å². The van der Waals surface area contributed by atoms with Crippen LogP contribution in [0.15, 0.2) is 29.2 Å². The van der Waals surface area contributed by atoms with Crippen LogP contribution in [0.1, 0.15) is 31.2 Å². The third-order valence-corrected chi connectivity index (χ3v) is 4.17. The summed E-state index contributed by atoms with van der Waals surface area (Å²) in [5.41, 5.74) is 1.03. The van der Waals surface area contributed by atoms with Gasteiger partial charge in [0.05, 0.1) is 11.0 Å². The number of rotatable bonds is 4. The van der Waals surface area contributed by atoms with Gasteiger partial charge in [0.15, 0.2) is 0 Å². The molecule has 17 heavy (non-hydrogen) atoms. The summed E-state index contributed by atoms with van der Waals surface area (Å²) in [4.78, 5) is 7.66. The fourth-order valence-corrected chi connectivity index (χ4v) is 2.76. The number of hydrogen-bond donors (Lipinski definition) is 1. The summed E-state index contributed by atoms with van der Waals surface area (Å²) < 4.78 is 23.7. The lowest BCUT2D eigenvalue weighted by Gasteiger charge is -2.12. The van der Waals surface area contributed by atoms with Gasteiger partial charge in [0.1, 0.15) is 0 Å². The van der Waals surface area contributed by atoms with Crippen molar-refractivity contribution in [3.05, 3.63) is 29.8 Å². The first kappa shape index (κ1) is 12.5. The number of hydrogen-bond acceptors (Lipinski definition) is 3. The fraction of sp³-hybridized carbons (Fsp3) is 0.500. The van der Waals surface area contributed by atoms with Gasteiger partial charge in [0.25, 0.3) is 10.0 Å². The molecule has 1 saturated carbocycles. The van der Waals surface area contributed by atoms with Crippen LogP contribution in [0, 0.1) is 6.92 Å². The molecule has 1 N–H and O–H groups in total. The van der Waals surface area contributed by atoms with Gasteiger partial charge in [-0.25, -0.2) is 8.42 Å².